The third-order valence-corrected chi connectivity index (χ3v) is 5.57. The van der Waals surface area contributed by atoms with E-state index in [-0.39, 0.29) is 5.41 Å². The van der Waals surface area contributed by atoms with Gasteiger partial charge in [-0.3, -0.25) is 0 Å². The highest BCUT2D eigenvalue weighted by molar-refractivity contribution is 5.60. The molecule has 0 spiro atoms. The van der Waals surface area contributed by atoms with Crippen molar-refractivity contribution in [2.24, 2.45) is 11.3 Å². The van der Waals surface area contributed by atoms with Crippen LogP contribution in [0.25, 0.3) is 0 Å². The van der Waals surface area contributed by atoms with E-state index in [4.69, 9.17) is 4.74 Å². The summed E-state index contributed by atoms with van der Waals surface area (Å²) in [7, 11) is 2.27. The second kappa shape index (κ2) is 6.12. The second-order valence-electron chi connectivity index (χ2n) is 7.11. The van der Waals surface area contributed by atoms with Crippen molar-refractivity contribution >= 4 is 6.29 Å². The third-order valence-electron chi connectivity index (χ3n) is 5.57. The Balaban J connectivity index is 1.60. The Morgan fingerprint density at radius 2 is 2.20 bits per heavy atom. The molecule has 3 heterocycles. The van der Waals surface area contributed by atoms with Crippen molar-refractivity contribution in [1.29, 1.82) is 0 Å². The number of aldehydes is 1. The molecule has 0 amide bonds. The number of nitrogens with zero attached hydrogens (tertiary/aromatic N) is 2. The molecule has 3 aliphatic rings. The molecule has 3 aliphatic heterocycles. The molecule has 0 saturated carbocycles. The van der Waals surface area contributed by atoms with Crippen molar-refractivity contribution < 1.29 is 9.53 Å². The number of carbonyl (C=O) groups is 1. The van der Waals surface area contributed by atoms with E-state index in [1.54, 1.807) is 0 Å². The van der Waals surface area contributed by atoms with E-state index in [2.05, 4.69) is 16.8 Å². The van der Waals surface area contributed by atoms with E-state index >= 15 is 0 Å². The maximum atomic E-state index is 11.6. The van der Waals surface area contributed by atoms with Gasteiger partial charge in [0.15, 0.2) is 0 Å². The number of hydrogen-bond donors (Lipinski definition) is 0. The van der Waals surface area contributed by atoms with Crippen LogP contribution >= 0.6 is 0 Å². The van der Waals surface area contributed by atoms with Crippen molar-refractivity contribution in [1.82, 2.24) is 9.80 Å². The van der Waals surface area contributed by atoms with Gasteiger partial charge in [-0.1, -0.05) is 0 Å². The van der Waals surface area contributed by atoms with Crippen LogP contribution < -0.4 is 0 Å². The quantitative estimate of drug-likeness (QED) is 0.732. The van der Waals surface area contributed by atoms with Gasteiger partial charge in [-0.05, 0) is 58.2 Å². The van der Waals surface area contributed by atoms with Crippen LogP contribution in [0.15, 0.2) is 0 Å². The molecule has 0 N–H and O–H groups in total. The first-order valence-corrected chi connectivity index (χ1v) is 8.19. The van der Waals surface area contributed by atoms with E-state index in [0.29, 0.717) is 6.61 Å². The monoisotopic (exact) mass is 280 g/mol. The van der Waals surface area contributed by atoms with Crippen molar-refractivity contribution in [3.05, 3.63) is 0 Å². The zero-order valence-corrected chi connectivity index (χ0v) is 12.7. The minimum atomic E-state index is -0.231. The number of piperidine rings is 2. The molecular formula is C16H28N2O2. The molecule has 4 heteroatoms. The Bertz CT molecular complexity index is 341. The van der Waals surface area contributed by atoms with Gasteiger partial charge in [0.05, 0.1) is 12.0 Å². The lowest BCUT2D eigenvalue weighted by atomic mass is 9.80. The predicted molar refractivity (Wildman–Crippen MR) is 78.7 cm³/mol. The summed E-state index contributed by atoms with van der Waals surface area (Å²) >= 11 is 0. The lowest BCUT2D eigenvalue weighted by Crippen LogP contribution is -2.55. The largest absolute Gasteiger partial charge is 0.380 e. The molecule has 0 bridgehead atoms. The van der Waals surface area contributed by atoms with E-state index in [1.807, 2.05) is 0 Å². The fourth-order valence-corrected chi connectivity index (χ4v) is 4.45. The molecule has 0 radical (unpaired) electrons. The summed E-state index contributed by atoms with van der Waals surface area (Å²) in [6.45, 7) is 5.93. The van der Waals surface area contributed by atoms with Gasteiger partial charge < -0.3 is 19.3 Å². The first-order chi connectivity index (χ1) is 9.72. The minimum Gasteiger partial charge on any atom is -0.380 e. The van der Waals surface area contributed by atoms with Gasteiger partial charge in [0, 0.05) is 25.7 Å². The molecule has 0 aromatic carbocycles. The van der Waals surface area contributed by atoms with Gasteiger partial charge in [-0.25, -0.2) is 0 Å². The predicted octanol–water partition coefficient (Wildman–Crippen LogP) is 1.40. The normalized spacial score (nSPS) is 40.2. The molecule has 0 aromatic heterocycles. The topological polar surface area (TPSA) is 32.8 Å². The van der Waals surface area contributed by atoms with Crippen LogP contribution in [-0.4, -0.2) is 68.6 Å². The Hall–Kier alpha value is -0.450. The van der Waals surface area contributed by atoms with Gasteiger partial charge in [-0.2, -0.15) is 0 Å². The molecule has 0 aliphatic carbocycles. The van der Waals surface area contributed by atoms with Gasteiger partial charge >= 0.3 is 0 Å². The molecule has 3 unspecified atom stereocenters. The molecule has 0 aromatic rings. The first kappa shape index (κ1) is 14.5. The van der Waals surface area contributed by atoms with Crippen LogP contribution in [0.1, 0.15) is 32.1 Å². The maximum Gasteiger partial charge on any atom is 0.129 e. The molecule has 20 heavy (non-hydrogen) atoms. The first-order valence-electron chi connectivity index (χ1n) is 8.19. The summed E-state index contributed by atoms with van der Waals surface area (Å²) in [5.74, 6) is 0.802. The van der Waals surface area contributed by atoms with Crippen LogP contribution in [0, 0.1) is 11.3 Å². The number of rotatable bonds is 3. The maximum absolute atomic E-state index is 11.6. The van der Waals surface area contributed by atoms with Crippen LogP contribution in [0.2, 0.25) is 0 Å². The number of likely N-dealkylation sites (tertiary alicyclic amines) is 2. The summed E-state index contributed by atoms with van der Waals surface area (Å²) < 4.78 is 5.58. The summed E-state index contributed by atoms with van der Waals surface area (Å²) in [4.78, 5) is 16.7. The summed E-state index contributed by atoms with van der Waals surface area (Å²) in [5, 5.41) is 0. The number of fused-ring (bicyclic) bond motifs is 1. The number of ether oxygens (including phenoxy) is 1. The number of hydrogen-bond acceptors (Lipinski definition) is 4. The highest BCUT2D eigenvalue weighted by Gasteiger charge is 2.39. The molecular weight excluding hydrogens is 252 g/mol. The van der Waals surface area contributed by atoms with Gasteiger partial charge in [0.25, 0.3) is 0 Å². The van der Waals surface area contributed by atoms with Crippen molar-refractivity contribution in [2.45, 2.75) is 38.1 Å². The lowest BCUT2D eigenvalue weighted by molar-refractivity contribution is -0.126. The van der Waals surface area contributed by atoms with Crippen LogP contribution in [0.5, 0.6) is 0 Å². The van der Waals surface area contributed by atoms with Crippen molar-refractivity contribution in [3.8, 4) is 0 Å². The summed E-state index contributed by atoms with van der Waals surface area (Å²) in [5.41, 5.74) is -0.231. The Morgan fingerprint density at radius 1 is 1.30 bits per heavy atom. The molecule has 3 fully saturated rings. The fourth-order valence-electron chi connectivity index (χ4n) is 4.45. The van der Waals surface area contributed by atoms with Gasteiger partial charge in [-0.15, -0.1) is 0 Å². The lowest BCUT2D eigenvalue weighted by Gasteiger charge is -2.48. The minimum absolute atomic E-state index is 0.231. The molecule has 114 valence electrons. The van der Waals surface area contributed by atoms with E-state index in [1.165, 1.54) is 38.6 Å². The smallest absolute Gasteiger partial charge is 0.129 e. The SMILES string of the molecule is CN1CCCC2CN(CC3(C=O)CCCOC3)CCC21. The van der Waals surface area contributed by atoms with Crippen LogP contribution in [-0.2, 0) is 9.53 Å². The Labute approximate surface area is 122 Å². The summed E-state index contributed by atoms with van der Waals surface area (Å²) in [6.07, 6.45) is 7.15. The van der Waals surface area contributed by atoms with E-state index in [0.717, 1.165) is 44.5 Å². The van der Waals surface area contributed by atoms with Crippen LogP contribution in [0.4, 0.5) is 0 Å². The zero-order valence-electron chi connectivity index (χ0n) is 12.7. The van der Waals surface area contributed by atoms with Crippen LogP contribution in [0.3, 0.4) is 0 Å². The molecule has 3 saturated heterocycles. The Kier molecular flexibility index (Phi) is 4.43. The average Bonchev–Trinajstić information content (AvgIpc) is 2.48. The molecule has 3 atom stereocenters. The highest BCUT2D eigenvalue weighted by Crippen LogP contribution is 2.33. The second-order valence-corrected chi connectivity index (χ2v) is 7.11. The van der Waals surface area contributed by atoms with Gasteiger partial charge in [0.2, 0.25) is 0 Å². The third kappa shape index (κ3) is 2.92. The zero-order chi connectivity index (χ0) is 14.0. The standard InChI is InChI=1S/C16H28N2O2/c1-17-7-2-4-14-10-18(8-5-15(14)17)11-16(12-19)6-3-9-20-13-16/h12,14-15H,2-11,13H2,1H3. The highest BCUT2D eigenvalue weighted by atomic mass is 16.5. The average molecular weight is 280 g/mol. The number of carbonyl (C=O) groups excluding carboxylic acids is 1. The van der Waals surface area contributed by atoms with Crippen molar-refractivity contribution in [3.63, 3.8) is 0 Å². The van der Waals surface area contributed by atoms with Gasteiger partial charge in [0.1, 0.15) is 6.29 Å². The van der Waals surface area contributed by atoms with E-state index in [9.17, 15) is 4.79 Å². The fraction of sp³-hybridized carbons (Fsp3) is 0.938. The van der Waals surface area contributed by atoms with Crippen molar-refractivity contribution in [2.75, 3.05) is 46.4 Å². The molecule has 3 rings (SSSR count). The summed E-state index contributed by atoms with van der Waals surface area (Å²) in [6, 6.07) is 0.773. The molecule has 4 nitrogen and oxygen atoms in total. The van der Waals surface area contributed by atoms with E-state index < -0.39 is 0 Å². The Morgan fingerprint density at radius 3 is 2.95 bits per heavy atom.